The summed E-state index contributed by atoms with van der Waals surface area (Å²) in [5.74, 6) is 2.75. The van der Waals surface area contributed by atoms with Crippen LogP contribution in [0.2, 0.25) is 47.0 Å². The van der Waals surface area contributed by atoms with Gasteiger partial charge in [-0.25, -0.2) is 34.9 Å². The van der Waals surface area contributed by atoms with Crippen molar-refractivity contribution in [2.24, 2.45) is 27.1 Å². The molecule has 12 aliphatic carbocycles. The van der Waals surface area contributed by atoms with Gasteiger partial charge in [-0.2, -0.15) is 67.6 Å². The number of halogens is 25. The van der Waals surface area contributed by atoms with E-state index in [1.165, 1.54) is 0 Å². The standard InChI is InChI=1S/C15H17BrClF3N4.C15H18ClF3N4.C14H13BrCl2F3N3.C11H8BrCl2F3N2.C4BrCl3N2/c1-8(2)4-24(11-9(16)10(21-3)22-12(17)23-11)14-5-13(6-14,7-14)15(18,19)20;1-12(2)7-23(10-8(12)9(20-3)21-11(16)22-10)14-4-13(5-14,6-14)15(17,18)19;1-7(2)3-23(10-8(15)9(16)21-11(17)22-10)13-4-12(5-13,6-13)14(18,19)20;12-6-5(18-8(14)19-7(6)13)1-9-2-10(3-9,4-9)11(15,16)17;5-1-2(6)9-4(8)10-3(1)7/h1,4-7H2,2-3H3,(H,21,22,23);4-7H2,1-3H3,(H,20,21,22);1,3-6H2,2H3;1-4H2;. The van der Waals surface area contributed by atoms with Gasteiger partial charge in [0.2, 0.25) is 26.4 Å². The van der Waals surface area contributed by atoms with Gasteiger partial charge in [0, 0.05) is 61.3 Å². The first kappa shape index (κ1) is 79.1. The van der Waals surface area contributed by atoms with Crippen LogP contribution in [-0.2, 0) is 11.8 Å². The molecule has 0 atom stereocenters. The third-order valence-corrected chi connectivity index (χ3v) is 26.1. The maximum Gasteiger partial charge on any atom is 0.394 e. The van der Waals surface area contributed by atoms with Crippen molar-refractivity contribution in [3.8, 4) is 0 Å². The second-order valence-corrected chi connectivity index (χ2v) is 34.3. The van der Waals surface area contributed by atoms with E-state index in [1.54, 1.807) is 14.1 Å². The molecular formula is C59H56Br4Cl9F12N15. The highest BCUT2D eigenvalue weighted by Gasteiger charge is 2.83. The minimum atomic E-state index is -4.16. The molecule has 0 amide bonds. The third kappa shape index (κ3) is 14.1. The second kappa shape index (κ2) is 26.8. The number of fused-ring (bicyclic) bond motifs is 1. The quantitative estimate of drug-likeness (QED) is 0.0495. The number of anilines is 5. The van der Waals surface area contributed by atoms with Gasteiger partial charge in [-0.15, -0.1) is 0 Å². The van der Waals surface area contributed by atoms with E-state index in [-0.39, 0.29) is 135 Å². The summed E-state index contributed by atoms with van der Waals surface area (Å²) < 4.78 is 159. The average molecular weight is 1840 g/mol. The molecule has 12 saturated carbocycles. The Bertz CT molecular complexity index is 4000. The van der Waals surface area contributed by atoms with Gasteiger partial charge in [0.05, 0.1) is 40.8 Å². The molecule has 13 aliphatic rings. The molecule has 40 heteroatoms. The number of rotatable bonds is 13. The Morgan fingerprint density at radius 1 is 0.455 bits per heavy atom. The molecule has 0 aromatic carbocycles. The first-order valence-electron chi connectivity index (χ1n) is 29.7. The molecule has 0 spiro atoms. The summed E-state index contributed by atoms with van der Waals surface area (Å²) in [7, 11) is 3.45. The van der Waals surface area contributed by atoms with Crippen molar-refractivity contribution in [1.82, 2.24) is 49.8 Å². The van der Waals surface area contributed by atoms with Crippen LogP contribution < -0.4 is 25.3 Å². The van der Waals surface area contributed by atoms with Crippen molar-refractivity contribution in [2.75, 3.05) is 59.1 Å². The zero-order valence-corrected chi connectivity index (χ0v) is 65.6. The Labute approximate surface area is 638 Å². The zero-order valence-electron chi connectivity index (χ0n) is 52.5. The van der Waals surface area contributed by atoms with E-state index in [9.17, 15) is 52.7 Å². The smallest absolute Gasteiger partial charge is 0.373 e. The van der Waals surface area contributed by atoms with E-state index in [4.69, 9.17) is 104 Å². The predicted molar refractivity (Wildman–Crippen MR) is 374 cm³/mol. The van der Waals surface area contributed by atoms with Gasteiger partial charge in [-0.05, 0) is 224 Å². The topological polar surface area (TPSA) is 163 Å². The SMILES string of the molecule is C=C(C)CN(c1nc(Cl)nc(Cl)c1Br)C12CC(C(F)(F)F)(C1)C2.C=C(C)CN(c1nc(Cl)nc(NC)c1Br)C12CC(C(F)(F)F)(C1)C2.CNc1nc(Cl)nc2c1C(C)(C)CN2C12CC(C(F)(F)F)(C1)C2.Clc1nc(Cl)c(Br)c(Cl)n1.FC(F)(F)C12CC(Cc3nc(Cl)nc(Cl)c3Br)(C1)C2. The molecule has 99 heavy (non-hydrogen) atoms. The molecule has 8 bridgehead atoms. The van der Waals surface area contributed by atoms with Crippen molar-refractivity contribution in [2.45, 2.75) is 158 Å². The number of alkyl halides is 12. The Morgan fingerprint density at radius 2 is 0.788 bits per heavy atom. The van der Waals surface area contributed by atoms with Crippen LogP contribution in [0, 0.1) is 27.1 Å². The van der Waals surface area contributed by atoms with E-state index in [2.05, 4.69) is 151 Å². The lowest BCUT2D eigenvalue weighted by Gasteiger charge is -2.73. The molecule has 2 N–H and O–H groups in total. The van der Waals surface area contributed by atoms with Crippen molar-refractivity contribution in [3.05, 3.63) is 100 Å². The van der Waals surface area contributed by atoms with E-state index in [0.29, 0.717) is 78.7 Å². The van der Waals surface area contributed by atoms with Gasteiger partial charge in [0.15, 0.2) is 5.82 Å². The van der Waals surface area contributed by atoms with Crippen LogP contribution >= 0.6 is 168 Å². The molecule has 18 rings (SSSR count). The van der Waals surface area contributed by atoms with Gasteiger partial charge < -0.3 is 25.3 Å². The van der Waals surface area contributed by atoms with Gasteiger partial charge in [0.1, 0.15) is 48.4 Å². The van der Waals surface area contributed by atoms with Crippen LogP contribution in [0.1, 0.15) is 116 Å². The molecule has 0 saturated heterocycles. The highest BCUT2D eigenvalue weighted by molar-refractivity contribution is 9.11. The maximum absolute atomic E-state index is 13.2. The van der Waals surface area contributed by atoms with Crippen LogP contribution in [0.4, 0.5) is 81.8 Å². The minimum Gasteiger partial charge on any atom is -0.373 e. The van der Waals surface area contributed by atoms with Gasteiger partial charge in [0.25, 0.3) is 0 Å². The summed E-state index contributed by atoms with van der Waals surface area (Å²) in [6, 6.07) is 0. The molecule has 5 aromatic rings. The summed E-state index contributed by atoms with van der Waals surface area (Å²) >= 11 is 65.1. The molecule has 0 radical (unpaired) electrons. The number of hydrogen-bond donors (Lipinski definition) is 2. The van der Waals surface area contributed by atoms with Gasteiger partial charge in [-0.3, -0.25) is 0 Å². The van der Waals surface area contributed by atoms with E-state index >= 15 is 0 Å². The predicted octanol–water partition coefficient (Wildman–Crippen LogP) is 22.0. The Morgan fingerprint density at radius 3 is 1.19 bits per heavy atom. The lowest BCUT2D eigenvalue weighted by Crippen LogP contribution is -2.79. The molecule has 1 aliphatic heterocycles. The van der Waals surface area contributed by atoms with Crippen molar-refractivity contribution in [3.63, 3.8) is 0 Å². The number of nitrogens with one attached hydrogen (secondary N) is 2. The number of nitrogens with zero attached hydrogens (tertiary/aromatic N) is 13. The Hall–Kier alpha value is -2.43. The number of hydrogen-bond acceptors (Lipinski definition) is 15. The average Bonchev–Trinajstić information content (AvgIpc) is 1.38. The van der Waals surface area contributed by atoms with E-state index in [0.717, 1.165) is 16.7 Å². The van der Waals surface area contributed by atoms with E-state index < -0.39 is 63.0 Å². The summed E-state index contributed by atoms with van der Waals surface area (Å²) in [6.07, 6.45) is -14.6. The lowest BCUT2D eigenvalue weighted by molar-refractivity contribution is -0.363. The van der Waals surface area contributed by atoms with E-state index in [1.807, 2.05) is 28.5 Å². The molecule has 12 fully saturated rings. The lowest BCUT2D eigenvalue weighted by atomic mass is 9.34. The molecule has 0 unspecified atom stereocenters. The fourth-order valence-corrected chi connectivity index (χ4v) is 19.1. The fourth-order valence-electron chi connectivity index (χ4n) is 15.9. The zero-order chi connectivity index (χ0) is 73.7. The maximum atomic E-state index is 13.2. The van der Waals surface area contributed by atoms with Crippen molar-refractivity contribution in [1.29, 1.82) is 0 Å². The number of aromatic nitrogens is 10. The normalized spacial score (nSPS) is 28.6. The largest absolute Gasteiger partial charge is 0.394 e. The minimum absolute atomic E-state index is 0.0142. The third-order valence-electron chi connectivity index (χ3n) is 20.2. The molecule has 542 valence electrons. The summed E-state index contributed by atoms with van der Waals surface area (Å²) in [6.45, 7) is 17.0. The summed E-state index contributed by atoms with van der Waals surface area (Å²) in [4.78, 5) is 45.7. The van der Waals surface area contributed by atoms with Crippen LogP contribution in [0.25, 0.3) is 0 Å². The van der Waals surface area contributed by atoms with Crippen LogP contribution in [0.5, 0.6) is 0 Å². The monoisotopic (exact) mass is 1830 g/mol. The first-order valence-corrected chi connectivity index (χ1v) is 36.3. The molecule has 5 aromatic heterocycles. The Balaban J connectivity index is 0.000000137. The van der Waals surface area contributed by atoms with Gasteiger partial charge >= 0.3 is 24.7 Å². The second-order valence-electron chi connectivity index (χ2n) is 28.0. The summed E-state index contributed by atoms with van der Waals surface area (Å²) in [5.41, 5.74) is -4.88. The molecule has 15 nitrogen and oxygen atoms in total. The van der Waals surface area contributed by atoms with Crippen LogP contribution in [0.15, 0.2) is 42.2 Å². The fraction of sp³-hybridized carbons (Fsp3) is 0.593. The van der Waals surface area contributed by atoms with Gasteiger partial charge in [-0.1, -0.05) is 84.6 Å². The van der Waals surface area contributed by atoms with Crippen LogP contribution in [0.3, 0.4) is 0 Å². The van der Waals surface area contributed by atoms with Crippen molar-refractivity contribution >= 4 is 197 Å². The highest BCUT2D eigenvalue weighted by Crippen LogP contribution is 2.81. The summed E-state index contributed by atoms with van der Waals surface area (Å²) in [5, 5.41) is 6.85. The molecular weight excluding hydrogens is 1790 g/mol. The molecule has 6 heterocycles. The van der Waals surface area contributed by atoms with Crippen LogP contribution in [-0.4, -0.2) is 125 Å². The Kier molecular flexibility index (Phi) is 21.4. The van der Waals surface area contributed by atoms with Crippen molar-refractivity contribution < 1.29 is 52.7 Å². The first-order chi connectivity index (χ1) is 45.3. The highest BCUT2D eigenvalue weighted by atomic mass is 79.9.